The summed E-state index contributed by atoms with van der Waals surface area (Å²) in [4.78, 5) is 26.4. The van der Waals surface area contributed by atoms with Crippen molar-refractivity contribution in [1.29, 1.82) is 0 Å². The highest BCUT2D eigenvalue weighted by atomic mass is 16.6. The van der Waals surface area contributed by atoms with Crippen molar-refractivity contribution in [2.24, 2.45) is 0 Å². The first-order valence-corrected chi connectivity index (χ1v) is 8.73. The van der Waals surface area contributed by atoms with E-state index in [2.05, 4.69) is 5.32 Å². The summed E-state index contributed by atoms with van der Waals surface area (Å²) >= 11 is 0. The minimum Gasteiger partial charge on any atom is -0.507 e. The molecule has 1 fully saturated rings. The molecule has 26 heavy (non-hydrogen) atoms. The van der Waals surface area contributed by atoms with Gasteiger partial charge in [-0.2, -0.15) is 0 Å². The number of amides is 2. The average Bonchev–Trinajstić information content (AvgIpc) is 3.00. The van der Waals surface area contributed by atoms with Crippen LogP contribution in [0.15, 0.2) is 36.4 Å². The Hall–Kier alpha value is -2.76. The molecule has 1 aliphatic rings. The van der Waals surface area contributed by atoms with Crippen molar-refractivity contribution in [3.05, 3.63) is 42.0 Å². The number of phenols is 1. The second kappa shape index (κ2) is 6.86. The van der Waals surface area contributed by atoms with Crippen molar-refractivity contribution >= 4 is 22.8 Å². The quantitative estimate of drug-likeness (QED) is 0.865. The summed E-state index contributed by atoms with van der Waals surface area (Å²) in [7, 11) is 0. The van der Waals surface area contributed by atoms with E-state index in [4.69, 9.17) is 4.74 Å². The molecule has 1 aliphatic heterocycles. The maximum Gasteiger partial charge on any atom is 0.407 e. The van der Waals surface area contributed by atoms with E-state index in [-0.39, 0.29) is 17.7 Å². The van der Waals surface area contributed by atoms with E-state index in [1.807, 2.05) is 26.8 Å². The van der Waals surface area contributed by atoms with Gasteiger partial charge >= 0.3 is 6.09 Å². The number of ether oxygens (including phenoxy) is 1. The molecule has 0 aromatic heterocycles. The van der Waals surface area contributed by atoms with Crippen LogP contribution in [-0.2, 0) is 4.74 Å². The number of rotatable bonds is 2. The highest BCUT2D eigenvalue weighted by Gasteiger charge is 2.29. The zero-order valence-corrected chi connectivity index (χ0v) is 15.3. The van der Waals surface area contributed by atoms with Crippen molar-refractivity contribution in [2.75, 3.05) is 13.1 Å². The van der Waals surface area contributed by atoms with E-state index in [9.17, 15) is 14.7 Å². The fourth-order valence-corrected chi connectivity index (χ4v) is 3.12. The first-order valence-electron chi connectivity index (χ1n) is 8.73. The topological polar surface area (TPSA) is 78.9 Å². The van der Waals surface area contributed by atoms with Gasteiger partial charge in [-0.1, -0.05) is 12.1 Å². The third-order valence-corrected chi connectivity index (χ3v) is 4.30. The second-order valence-corrected chi connectivity index (χ2v) is 7.60. The van der Waals surface area contributed by atoms with Gasteiger partial charge in [0.15, 0.2) is 0 Å². The van der Waals surface area contributed by atoms with Gasteiger partial charge in [-0.15, -0.1) is 0 Å². The molecule has 0 saturated carbocycles. The fraction of sp³-hybridized carbons (Fsp3) is 0.400. The molecule has 0 radical (unpaired) electrons. The van der Waals surface area contributed by atoms with Crippen LogP contribution in [0.1, 0.15) is 37.6 Å². The van der Waals surface area contributed by atoms with E-state index < -0.39 is 11.7 Å². The van der Waals surface area contributed by atoms with Gasteiger partial charge in [0.05, 0.1) is 6.04 Å². The molecule has 1 atom stereocenters. The van der Waals surface area contributed by atoms with Crippen LogP contribution >= 0.6 is 0 Å². The lowest BCUT2D eigenvalue weighted by molar-refractivity contribution is 0.0502. The van der Waals surface area contributed by atoms with Gasteiger partial charge in [-0.3, -0.25) is 4.79 Å². The molecule has 138 valence electrons. The van der Waals surface area contributed by atoms with Gasteiger partial charge in [0.2, 0.25) is 0 Å². The highest BCUT2D eigenvalue weighted by molar-refractivity contribution is 6.00. The number of hydrogen-bond donors (Lipinski definition) is 2. The Morgan fingerprint density at radius 2 is 2.00 bits per heavy atom. The molecule has 0 aliphatic carbocycles. The highest BCUT2D eigenvalue weighted by Crippen LogP contribution is 2.26. The predicted molar refractivity (Wildman–Crippen MR) is 99.3 cm³/mol. The van der Waals surface area contributed by atoms with Crippen molar-refractivity contribution < 1.29 is 19.4 Å². The SMILES string of the molecule is CC(C)(C)OC(=O)NC1CCN(C(=O)c2ccc3c(O)cccc3c2)C1. The summed E-state index contributed by atoms with van der Waals surface area (Å²) in [5.74, 6) is 0.119. The first kappa shape index (κ1) is 18.0. The summed E-state index contributed by atoms with van der Waals surface area (Å²) in [6, 6.07) is 10.4. The van der Waals surface area contributed by atoms with Crippen LogP contribution in [0.4, 0.5) is 4.79 Å². The number of carbonyl (C=O) groups excluding carboxylic acids is 2. The Bertz CT molecular complexity index is 841. The fourth-order valence-electron chi connectivity index (χ4n) is 3.12. The summed E-state index contributed by atoms with van der Waals surface area (Å²) in [5.41, 5.74) is 0.0236. The minimum absolute atomic E-state index is 0.0799. The first-order chi connectivity index (χ1) is 12.2. The van der Waals surface area contributed by atoms with Crippen LogP contribution in [0, 0.1) is 0 Å². The van der Waals surface area contributed by atoms with E-state index in [0.29, 0.717) is 25.1 Å². The van der Waals surface area contributed by atoms with Gasteiger partial charge in [0, 0.05) is 24.0 Å². The summed E-state index contributed by atoms with van der Waals surface area (Å²) in [6.45, 7) is 6.48. The standard InChI is InChI=1S/C20H24N2O4/c1-20(2,3)26-19(25)21-15-9-10-22(12-15)18(24)14-7-8-16-13(11-14)5-4-6-17(16)23/h4-8,11,15,23H,9-10,12H2,1-3H3,(H,21,25). The normalized spacial score (nSPS) is 17.3. The molecule has 1 saturated heterocycles. The third-order valence-electron chi connectivity index (χ3n) is 4.30. The second-order valence-electron chi connectivity index (χ2n) is 7.60. The minimum atomic E-state index is -0.547. The number of likely N-dealkylation sites (tertiary alicyclic amines) is 1. The van der Waals surface area contributed by atoms with Crippen LogP contribution in [0.5, 0.6) is 5.75 Å². The third kappa shape index (κ3) is 4.07. The number of fused-ring (bicyclic) bond motifs is 1. The van der Waals surface area contributed by atoms with Crippen molar-refractivity contribution in [2.45, 2.75) is 38.8 Å². The smallest absolute Gasteiger partial charge is 0.407 e. The maximum atomic E-state index is 12.8. The molecule has 2 N–H and O–H groups in total. The molecule has 2 aromatic rings. The molecule has 6 nitrogen and oxygen atoms in total. The number of phenolic OH excluding ortho intramolecular Hbond substituents is 1. The molecule has 3 rings (SSSR count). The summed E-state index contributed by atoms with van der Waals surface area (Å²) in [5, 5.41) is 14.2. The number of aromatic hydroxyl groups is 1. The lowest BCUT2D eigenvalue weighted by Crippen LogP contribution is -2.41. The Balaban J connectivity index is 1.65. The zero-order valence-electron chi connectivity index (χ0n) is 15.3. The van der Waals surface area contributed by atoms with Crippen LogP contribution in [0.2, 0.25) is 0 Å². The average molecular weight is 356 g/mol. The summed E-state index contributed by atoms with van der Waals surface area (Å²) < 4.78 is 5.26. The molecular weight excluding hydrogens is 332 g/mol. The van der Waals surface area contributed by atoms with Crippen LogP contribution < -0.4 is 5.32 Å². The van der Waals surface area contributed by atoms with Crippen LogP contribution in [0.3, 0.4) is 0 Å². The number of nitrogens with one attached hydrogen (secondary N) is 1. The van der Waals surface area contributed by atoms with Gasteiger partial charge < -0.3 is 20.1 Å². The van der Waals surface area contributed by atoms with Gasteiger partial charge in [0.1, 0.15) is 11.4 Å². The molecular formula is C20H24N2O4. The molecule has 0 spiro atoms. The monoisotopic (exact) mass is 356 g/mol. The van der Waals surface area contributed by atoms with Crippen LogP contribution in [-0.4, -0.2) is 46.7 Å². The van der Waals surface area contributed by atoms with E-state index in [0.717, 1.165) is 10.8 Å². The number of hydrogen-bond acceptors (Lipinski definition) is 4. The Labute approximate surface area is 152 Å². The largest absolute Gasteiger partial charge is 0.507 e. The molecule has 1 unspecified atom stereocenters. The number of nitrogens with zero attached hydrogens (tertiary/aromatic N) is 1. The number of alkyl carbamates (subject to hydrolysis) is 1. The number of benzene rings is 2. The Kier molecular flexibility index (Phi) is 4.76. The van der Waals surface area contributed by atoms with Gasteiger partial charge in [0.25, 0.3) is 5.91 Å². The van der Waals surface area contributed by atoms with Crippen molar-refractivity contribution in [3.8, 4) is 5.75 Å². The van der Waals surface area contributed by atoms with Gasteiger partial charge in [-0.05, 0) is 56.8 Å². The van der Waals surface area contributed by atoms with E-state index in [1.54, 1.807) is 35.2 Å². The molecule has 1 heterocycles. The predicted octanol–water partition coefficient (Wildman–Crippen LogP) is 3.28. The number of carbonyl (C=O) groups is 2. The van der Waals surface area contributed by atoms with E-state index in [1.165, 1.54) is 0 Å². The molecule has 2 amide bonds. The Morgan fingerprint density at radius 3 is 2.73 bits per heavy atom. The molecule has 6 heteroatoms. The van der Waals surface area contributed by atoms with E-state index >= 15 is 0 Å². The van der Waals surface area contributed by atoms with Crippen molar-refractivity contribution in [3.63, 3.8) is 0 Å². The molecule has 0 bridgehead atoms. The lowest BCUT2D eigenvalue weighted by atomic mass is 10.1. The van der Waals surface area contributed by atoms with Gasteiger partial charge in [-0.25, -0.2) is 4.79 Å². The molecule has 2 aromatic carbocycles. The zero-order chi connectivity index (χ0) is 18.9. The summed E-state index contributed by atoms with van der Waals surface area (Å²) in [6.07, 6.45) is 0.234. The van der Waals surface area contributed by atoms with Crippen LogP contribution in [0.25, 0.3) is 10.8 Å². The van der Waals surface area contributed by atoms with Crippen molar-refractivity contribution in [1.82, 2.24) is 10.2 Å². The maximum absolute atomic E-state index is 12.8. The Morgan fingerprint density at radius 1 is 1.23 bits per heavy atom. The lowest BCUT2D eigenvalue weighted by Gasteiger charge is -2.22.